The van der Waals surface area contributed by atoms with Gasteiger partial charge in [-0.25, -0.2) is 9.98 Å². The van der Waals surface area contributed by atoms with E-state index in [1.807, 2.05) is 18.2 Å². The van der Waals surface area contributed by atoms with Crippen molar-refractivity contribution in [3.63, 3.8) is 0 Å². The monoisotopic (exact) mass is 362 g/mol. The van der Waals surface area contributed by atoms with Gasteiger partial charge in [0.25, 0.3) is 0 Å². The summed E-state index contributed by atoms with van der Waals surface area (Å²) in [6.07, 6.45) is 6.28. The van der Waals surface area contributed by atoms with E-state index in [1.165, 1.54) is 25.7 Å². The average Bonchev–Trinajstić information content (AvgIpc) is 3.13. The second kappa shape index (κ2) is 11.0. The molecule has 0 spiro atoms. The Kier molecular flexibility index (Phi) is 8.68. The SMILES string of the molecule is CCNC(=NCc1cccc(OC)n1)NCC1(CCOCC)CCCC1. The van der Waals surface area contributed by atoms with E-state index in [4.69, 9.17) is 14.5 Å². The first-order valence-electron chi connectivity index (χ1n) is 9.81. The molecule has 1 heterocycles. The molecular formula is C20H34N4O2. The highest BCUT2D eigenvalue weighted by Crippen LogP contribution is 2.40. The fourth-order valence-electron chi connectivity index (χ4n) is 3.51. The number of aromatic nitrogens is 1. The van der Waals surface area contributed by atoms with Gasteiger partial charge in [-0.2, -0.15) is 0 Å². The summed E-state index contributed by atoms with van der Waals surface area (Å²) < 4.78 is 10.8. The maximum Gasteiger partial charge on any atom is 0.213 e. The van der Waals surface area contributed by atoms with E-state index in [2.05, 4.69) is 29.5 Å². The number of aliphatic imine (C=N–C) groups is 1. The number of nitrogens with zero attached hydrogens (tertiary/aromatic N) is 2. The van der Waals surface area contributed by atoms with Crippen molar-refractivity contribution in [3.8, 4) is 5.88 Å². The Morgan fingerprint density at radius 2 is 2.04 bits per heavy atom. The van der Waals surface area contributed by atoms with E-state index in [0.29, 0.717) is 17.8 Å². The first kappa shape index (κ1) is 20.5. The first-order valence-corrected chi connectivity index (χ1v) is 9.81. The molecule has 26 heavy (non-hydrogen) atoms. The summed E-state index contributed by atoms with van der Waals surface area (Å²) in [6, 6.07) is 5.76. The van der Waals surface area contributed by atoms with Crippen molar-refractivity contribution in [2.24, 2.45) is 10.4 Å². The largest absolute Gasteiger partial charge is 0.481 e. The van der Waals surface area contributed by atoms with Crippen LogP contribution in [0.2, 0.25) is 0 Å². The fraction of sp³-hybridized carbons (Fsp3) is 0.700. The molecule has 0 atom stereocenters. The van der Waals surface area contributed by atoms with Crippen molar-refractivity contribution >= 4 is 5.96 Å². The zero-order valence-corrected chi connectivity index (χ0v) is 16.5. The van der Waals surface area contributed by atoms with Gasteiger partial charge in [-0.3, -0.25) is 0 Å². The maximum absolute atomic E-state index is 5.61. The number of methoxy groups -OCH3 is 1. The van der Waals surface area contributed by atoms with Crippen molar-refractivity contribution in [3.05, 3.63) is 23.9 Å². The van der Waals surface area contributed by atoms with Crippen LogP contribution in [0.15, 0.2) is 23.2 Å². The van der Waals surface area contributed by atoms with E-state index >= 15 is 0 Å². The molecule has 1 aliphatic carbocycles. The Bertz CT molecular complexity index is 556. The molecule has 1 aliphatic rings. The average molecular weight is 363 g/mol. The molecule has 0 bridgehead atoms. The van der Waals surface area contributed by atoms with Gasteiger partial charge in [-0.1, -0.05) is 18.9 Å². The number of pyridine rings is 1. The van der Waals surface area contributed by atoms with Crippen LogP contribution in [0.4, 0.5) is 0 Å². The highest BCUT2D eigenvalue weighted by Gasteiger charge is 2.33. The maximum atomic E-state index is 5.61. The Balaban J connectivity index is 1.94. The van der Waals surface area contributed by atoms with Gasteiger partial charge in [0, 0.05) is 32.4 Å². The van der Waals surface area contributed by atoms with Gasteiger partial charge in [0.15, 0.2) is 5.96 Å². The minimum atomic E-state index is 0.333. The predicted molar refractivity (Wildman–Crippen MR) is 106 cm³/mol. The Morgan fingerprint density at radius 1 is 1.23 bits per heavy atom. The zero-order valence-electron chi connectivity index (χ0n) is 16.5. The van der Waals surface area contributed by atoms with Crippen LogP contribution < -0.4 is 15.4 Å². The van der Waals surface area contributed by atoms with E-state index in [-0.39, 0.29) is 0 Å². The third kappa shape index (κ3) is 6.48. The van der Waals surface area contributed by atoms with Gasteiger partial charge in [0.05, 0.1) is 19.3 Å². The minimum Gasteiger partial charge on any atom is -0.481 e. The molecule has 0 saturated heterocycles. The van der Waals surface area contributed by atoms with Gasteiger partial charge < -0.3 is 20.1 Å². The van der Waals surface area contributed by atoms with E-state index < -0.39 is 0 Å². The second-order valence-electron chi connectivity index (χ2n) is 6.87. The van der Waals surface area contributed by atoms with Gasteiger partial charge >= 0.3 is 0 Å². The Labute approximate surface area is 157 Å². The third-order valence-electron chi connectivity index (χ3n) is 5.01. The molecule has 1 aromatic rings. The topological polar surface area (TPSA) is 67.8 Å². The summed E-state index contributed by atoms with van der Waals surface area (Å²) >= 11 is 0. The van der Waals surface area contributed by atoms with Crippen LogP contribution in [0.3, 0.4) is 0 Å². The zero-order chi connectivity index (χ0) is 18.7. The van der Waals surface area contributed by atoms with E-state index in [0.717, 1.165) is 44.4 Å². The number of rotatable bonds is 10. The molecule has 1 aromatic heterocycles. The van der Waals surface area contributed by atoms with Crippen LogP contribution >= 0.6 is 0 Å². The number of hydrogen-bond donors (Lipinski definition) is 2. The van der Waals surface area contributed by atoms with Gasteiger partial charge in [0.1, 0.15) is 0 Å². The van der Waals surface area contributed by atoms with Crippen LogP contribution in [0, 0.1) is 5.41 Å². The van der Waals surface area contributed by atoms with Crippen LogP contribution in [0.25, 0.3) is 0 Å². The summed E-state index contributed by atoms with van der Waals surface area (Å²) in [5.41, 5.74) is 1.23. The lowest BCUT2D eigenvalue weighted by molar-refractivity contribution is 0.105. The molecule has 0 aromatic carbocycles. The fourth-order valence-corrected chi connectivity index (χ4v) is 3.51. The molecule has 0 unspecified atom stereocenters. The van der Waals surface area contributed by atoms with Crippen LogP contribution in [-0.2, 0) is 11.3 Å². The molecular weight excluding hydrogens is 328 g/mol. The van der Waals surface area contributed by atoms with Crippen molar-refractivity contribution in [1.29, 1.82) is 0 Å². The standard InChI is InChI=1S/C20H34N4O2/c1-4-21-19(22-15-17-9-8-10-18(24-17)25-3)23-16-20(11-6-7-12-20)13-14-26-5-2/h8-10H,4-7,11-16H2,1-3H3,(H2,21,22,23). The highest BCUT2D eigenvalue weighted by atomic mass is 16.5. The molecule has 2 rings (SSSR count). The molecule has 0 radical (unpaired) electrons. The first-order chi connectivity index (χ1) is 12.7. The minimum absolute atomic E-state index is 0.333. The molecule has 0 amide bonds. The van der Waals surface area contributed by atoms with Gasteiger partial charge in [-0.15, -0.1) is 0 Å². The summed E-state index contributed by atoms with van der Waals surface area (Å²) in [5.74, 6) is 1.47. The molecule has 0 aliphatic heterocycles. The molecule has 2 N–H and O–H groups in total. The second-order valence-corrected chi connectivity index (χ2v) is 6.87. The van der Waals surface area contributed by atoms with E-state index in [1.54, 1.807) is 7.11 Å². The normalized spacial score (nSPS) is 16.5. The molecule has 6 nitrogen and oxygen atoms in total. The van der Waals surface area contributed by atoms with Gasteiger partial charge in [-0.05, 0) is 44.6 Å². The summed E-state index contributed by atoms with van der Waals surface area (Å²) in [6.45, 7) is 8.09. The van der Waals surface area contributed by atoms with Crippen molar-refractivity contribution in [2.45, 2.75) is 52.5 Å². The van der Waals surface area contributed by atoms with Crippen molar-refractivity contribution in [2.75, 3.05) is 33.4 Å². The van der Waals surface area contributed by atoms with Gasteiger partial charge in [0.2, 0.25) is 5.88 Å². The van der Waals surface area contributed by atoms with Crippen molar-refractivity contribution < 1.29 is 9.47 Å². The predicted octanol–water partition coefficient (Wildman–Crippen LogP) is 3.13. The quantitative estimate of drug-likeness (QED) is 0.380. The Hall–Kier alpha value is -1.82. The lowest BCUT2D eigenvalue weighted by atomic mass is 9.83. The molecule has 6 heteroatoms. The summed E-state index contributed by atoms with van der Waals surface area (Å²) in [7, 11) is 1.63. The summed E-state index contributed by atoms with van der Waals surface area (Å²) in [4.78, 5) is 9.12. The highest BCUT2D eigenvalue weighted by molar-refractivity contribution is 5.79. The lowest BCUT2D eigenvalue weighted by Gasteiger charge is -2.30. The third-order valence-corrected chi connectivity index (χ3v) is 5.01. The molecule has 1 saturated carbocycles. The van der Waals surface area contributed by atoms with Crippen molar-refractivity contribution in [1.82, 2.24) is 15.6 Å². The number of guanidine groups is 1. The van der Waals surface area contributed by atoms with Crippen LogP contribution in [-0.4, -0.2) is 44.4 Å². The number of ether oxygens (including phenoxy) is 2. The Morgan fingerprint density at radius 3 is 2.73 bits per heavy atom. The molecule has 146 valence electrons. The van der Waals surface area contributed by atoms with E-state index in [9.17, 15) is 0 Å². The van der Waals surface area contributed by atoms with Crippen LogP contribution in [0.1, 0.15) is 51.6 Å². The van der Waals surface area contributed by atoms with Crippen LogP contribution in [0.5, 0.6) is 5.88 Å². The number of nitrogens with one attached hydrogen (secondary N) is 2. The smallest absolute Gasteiger partial charge is 0.213 e. The molecule has 1 fully saturated rings. The number of hydrogen-bond acceptors (Lipinski definition) is 4. The lowest BCUT2D eigenvalue weighted by Crippen LogP contribution is -2.43. The summed E-state index contributed by atoms with van der Waals surface area (Å²) in [5, 5.41) is 6.89.